The van der Waals surface area contributed by atoms with E-state index in [0.717, 1.165) is 22.0 Å². The Morgan fingerprint density at radius 3 is 2.35 bits per heavy atom. The van der Waals surface area contributed by atoms with Crippen molar-refractivity contribution in [3.63, 3.8) is 0 Å². The molecule has 3 aromatic carbocycles. The van der Waals surface area contributed by atoms with E-state index in [1.165, 1.54) is 18.2 Å². The highest BCUT2D eigenvalue weighted by atomic mass is 35.5. The van der Waals surface area contributed by atoms with Crippen LogP contribution in [0.2, 0.25) is 5.02 Å². The summed E-state index contributed by atoms with van der Waals surface area (Å²) >= 11 is 6.52. The summed E-state index contributed by atoms with van der Waals surface area (Å²) in [6, 6.07) is 19.6. The van der Waals surface area contributed by atoms with Gasteiger partial charge >= 0.3 is 6.03 Å². The Kier molecular flexibility index (Phi) is 7.13. The number of carbonyl (C=O) groups excluding carboxylic acids is 2. The summed E-state index contributed by atoms with van der Waals surface area (Å²) in [4.78, 5) is 27.7. The number of nitrogens with one attached hydrogen (secondary N) is 3. The van der Waals surface area contributed by atoms with Crippen molar-refractivity contribution in [3.05, 3.63) is 107 Å². The molecule has 2 atom stereocenters. The maximum atomic E-state index is 14.3. The van der Waals surface area contributed by atoms with Crippen LogP contribution in [0.3, 0.4) is 0 Å². The summed E-state index contributed by atoms with van der Waals surface area (Å²) in [6.45, 7) is 0.255. The van der Waals surface area contributed by atoms with Crippen molar-refractivity contribution in [2.24, 2.45) is 5.73 Å². The normalized spacial score (nSPS) is 12.8. The van der Waals surface area contributed by atoms with Gasteiger partial charge in [0.25, 0.3) is 0 Å². The van der Waals surface area contributed by atoms with Crippen molar-refractivity contribution in [2.75, 3.05) is 6.54 Å². The van der Waals surface area contributed by atoms with E-state index >= 15 is 0 Å². The van der Waals surface area contributed by atoms with E-state index in [2.05, 4.69) is 15.6 Å². The van der Waals surface area contributed by atoms with Gasteiger partial charge in [0.2, 0.25) is 5.91 Å². The summed E-state index contributed by atoms with van der Waals surface area (Å²) in [5.41, 5.74) is 8.30. The fourth-order valence-electron chi connectivity index (χ4n) is 4.17. The average Bonchev–Trinajstić information content (AvgIpc) is 3.24. The van der Waals surface area contributed by atoms with Gasteiger partial charge in [-0.3, -0.25) is 4.79 Å². The second-order valence-electron chi connectivity index (χ2n) is 7.95. The molecule has 0 unspecified atom stereocenters. The predicted molar refractivity (Wildman–Crippen MR) is 131 cm³/mol. The van der Waals surface area contributed by atoms with Crippen LogP contribution in [0.1, 0.15) is 35.1 Å². The molecule has 4 rings (SSSR count). The van der Waals surface area contributed by atoms with Crippen LogP contribution in [0.15, 0.2) is 79.0 Å². The second-order valence-corrected chi connectivity index (χ2v) is 8.36. The first-order valence-electron chi connectivity index (χ1n) is 10.8. The number of para-hydroxylation sites is 1. The Bertz CT molecular complexity index is 1320. The summed E-state index contributed by atoms with van der Waals surface area (Å²) in [5, 5.41) is 7.01. The molecule has 0 fully saturated rings. The van der Waals surface area contributed by atoms with Crippen molar-refractivity contribution < 1.29 is 14.0 Å². The van der Waals surface area contributed by atoms with Crippen LogP contribution in [-0.2, 0) is 4.79 Å². The first kappa shape index (κ1) is 23.3. The number of carbonyl (C=O) groups is 2. The van der Waals surface area contributed by atoms with Gasteiger partial charge in [-0.2, -0.15) is 0 Å². The molecular formula is C26H24ClFN4O2. The van der Waals surface area contributed by atoms with Gasteiger partial charge < -0.3 is 21.4 Å². The first-order chi connectivity index (χ1) is 16.4. The van der Waals surface area contributed by atoms with E-state index < -0.39 is 17.9 Å². The molecule has 3 amide bonds. The fourth-order valence-corrected chi connectivity index (χ4v) is 4.44. The zero-order valence-corrected chi connectivity index (χ0v) is 19.0. The summed E-state index contributed by atoms with van der Waals surface area (Å²) < 4.78 is 14.3. The molecule has 5 N–H and O–H groups in total. The Labute approximate surface area is 201 Å². The number of halogens is 2. The maximum absolute atomic E-state index is 14.3. The molecule has 0 saturated carbocycles. The monoisotopic (exact) mass is 478 g/mol. The van der Waals surface area contributed by atoms with E-state index in [1.54, 1.807) is 6.07 Å². The van der Waals surface area contributed by atoms with Gasteiger partial charge in [0.15, 0.2) is 0 Å². The van der Waals surface area contributed by atoms with E-state index in [0.29, 0.717) is 5.02 Å². The van der Waals surface area contributed by atoms with Gasteiger partial charge in [-0.15, -0.1) is 0 Å². The maximum Gasteiger partial charge on any atom is 0.312 e. The molecule has 0 aliphatic heterocycles. The number of rotatable bonds is 8. The number of fused-ring (bicyclic) bond motifs is 1. The molecule has 0 aliphatic rings. The van der Waals surface area contributed by atoms with Crippen molar-refractivity contribution >= 4 is 34.4 Å². The van der Waals surface area contributed by atoms with E-state index in [-0.39, 0.29) is 30.4 Å². The third-order valence-corrected chi connectivity index (χ3v) is 6.11. The lowest BCUT2D eigenvalue weighted by molar-refractivity contribution is -0.121. The van der Waals surface area contributed by atoms with Crippen molar-refractivity contribution in [1.82, 2.24) is 15.6 Å². The number of benzene rings is 3. The molecule has 0 radical (unpaired) electrons. The van der Waals surface area contributed by atoms with Crippen LogP contribution in [-0.4, -0.2) is 23.5 Å². The topological polar surface area (TPSA) is 100 Å². The minimum Gasteiger partial charge on any atom is -0.361 e. The van der Waals surface area contributed by atoms with Crippen LogP contribution in [0, 0.1) is 5.82 Å². The minimum absolute atomic E-state index is 0.174. The SMILES string of the molecule is NC(=O)N[C@H](CC(=O)NC[C@@H](c1ccccc1Cl)c1c[nH]c2ccccc12)c1ccccc1F. The fraction of sp³-hybridized carbons (Fsp3) is 0.154. The quantitative estimate of drug-likeness (QED) is 0.286. The highest BCUT2D eigenvalue weighted by Crippen LogP contribution is 2.34. The number of nitrogens with two attached hydrogens (primary N) is 1. The zero-order chi connectivity index (χ0) is 24.1. The molecule has 0 spiro atoms. The number of amides is 3. The first-order valence-corrected chi connectivity index (χ1v) is 11.2. The van der Waals surface area contributed by atoms with E-state index in [4.69, 9.17) is 17.3 Å². The van der Waals surface area contributed by atoms with Gasteiger partial charge in [0.1, 0.15) is 5.82 Å². The van der Waals surface area contributed by atoms with Crippen LogP contribution >= 0.6 is 11.6 Å². The van der Waals surface area contributed by atoms with Gasteiger partial charge in [-0.1, -0.05) is 66.2 Å². The third-order valence-electron chi connectivity index (χ3n) is 5.77. The minimum atomic E-state index is -0.898. The molecule has 0 saturated heterocycles. The van der Waals surface area contributed by atoms with Crippen LogP contribution in [0.25, 0.3) is 10.9 Å². The molecular weight excluding hydrogens is 455 g/mol. The van der Waals surface area contributed by atoms with Gasteiger partial charge in [-0.05, 0) is 29.3 Å². The molecule has 0 aliphatic carbocycles. The standard InChI is InChI=1S/C26H24ClFN4O2/c27-21-10-4-1-7-16(21)19(20-14-30-23-12-6-3-8-17(20)23)15-31-25(33)13-24(32-26(29)34)18-9-2-5-11-22(18)28/h1-12,14,19,24,30H,13,15H2,(H,31,33)(H3,29,32,34)/t19-,24+/m0/s1. The molecule has 34 heavy (non-hydrogen) atoms. The second kappa shape index (κ2) is 10.4. The lowest BCUT2D eigenvalue weighted by Gasteiger charge is -2.21. The molecule has 6 nitrogen and oxygen atoms in total. The summed E-state index contributed by atoms with van der Waals surface area (Å²) in [7, 11) is 0. The molecule has 1 aromatic heterocycles. The number of aromatic amines is 1. The smallest absolute Gasteiger partial charge is 0.312 e. The lowest BCUT2D eigenvalue weighted by Crippen LogP contribution is -2.38. The highest BCUT2D eigenvalue weighted by molar-refractivity contribution is 6.31. The lowest BCUT2D eigenvalue weighted by atomic mass is 9.90. The van der Waals surface area contributed by atoms with Crippen LogP contribution in [0.4, 0.5) is 9.18 Å². The van der Waals surface area contributed by atoms with Gasteiger partial charge in [0.05, 0.1) is 12.5 Å². The van der Waals surface area contributed by atoms with Crippen molar-refractivity contribution in [1.29, 1.82) is 0 Å². The Morgan fingerprint density at radius 1 is 0.941 bits per heavy atom. The molecule has 174 valence electrons. The number of hydrogen-bond acceptors (Lipinski definition) is 2. The Morgan fingerprint density at radius 2 is 1.62 bits per heavy atom. The van der Waals surface area contributed by atoms with Gasteiger partial charge in [-0.25, -0.2) is 9.18 Å². The molecule has 1 heterocycles. The average molecular weight is 479 g/mol. The number of urea groups is 1. The predicted octanol–water partition coefficient (Wildman–Crippen LogP) is 5.01. The molecule has 0 bridgehead atoms. The summed E-state index contributed by atoms with van der Waals surface area (Å²) in [5.74, 6) is -1.12. The number of hydrogen-bond donors (Lipinski definition) is 4. The van der Waals surface area contributed by atoms with Crippen molar-refractivity contribution in [3.8, 4) is 0 Å². The zero-order valence-electron chi connectivity index (χ0n) is 18.2. The van der Waals surface area contributed by atoms with Crippen LogP contribution in [0.5, 0.6) is 0 Å². The van der Waals surface area contributed by atoms with E-state index in [9.17, 15) is 14.0 Å². The van der Waals surface area contributed by atoms with Crippen molar-refractivity contribution in [2.45, 2.75) is 18.4 Å². The summed E-state index contributed by atoms with van der Waals surface area (Å²) in [6.07, 6.45) is 1.74. The Balaban J connectivity index is 1.57. The largest absolute Gasteiger partial charge is 0.361 e. The molecule has 8 heteroatoms. The number of aromatic nitrogens is 1. The number of primary amides is 1. The van der Waals surface area contributed by atoms with Gasteiger partial charge in [0, 0.05) is 40.1 Å². The van der Waals surface area contributed by atoms with E-state index in [1.807, 2.05) is 54.7 Å². The molecule has 4 aromatic rings. The Hall–Kier alpha value is -3.84. The number of H-pyrrole nitrogens is 1. The third kappa shape index (κ3) is 5.21. The highest BCUT2D eigenvalue weighted by Gasteiger charge is 2.24. The van der Waals surface area contributed by atoms with Crippen LogP contribution < -0.4 is 16.4 Å².